The van der Waals surface area contributed by atoms with Gasteiger partial charge in [-0.05, 0) is 18.2 Å². The lowest BCUT2D eigenvalue weighted by atomic mass is 10.0. The first-order valence-electron chi connectivity index (χ1n) is 5.38. The van der Waals surface area contributed by atoms with Crippen molar-refractivity contribution in [2.75, 3.05) is 20.0 Å². The average Bonchev–Trinajstić information content (AvgIpc) is 2.80. The Hall–Kier alpha value is -2.70. The van der Waals surface area contributed by atoms with Crippen molar-refractivity contribution in [2.45, 2.75) is 0 Å². The molecule has 0 atom stereocenters. The van der Waals surface area contributed by atoms with E-state index in [1.54, 1.807) is 18.2 Å². The number of anilines is 1. The van der Waals surface area contributed by atoms with E-state index in [0.717, 1.165) is 0 Å². The van der Waals surface area contributed by atoms with E-state index in [4.69, 9.17) is 20.3 Å². The summed E-state index contributed by atoms with van der Waals surface area (Å²) >= 11 is 0. The molecular weight excluding hydrogens is 250 g/mol. The summed E-state index contributed by atoms with van der Waals surface area (Å²) in [4.78, 5) is 11.2. The van der Waals surface area contributed by atoms with Gasteiger partial charge in [-0.2, -0.15) is 5.10 Å². The molecule has 1 aromatic heterocycles. The Labute approximate surface area is 109 Å². The lowest BCUT2D eigenvalue weighted by Gasteiger charge is -2.10. The maximum Gasteiger partial charge on any atom is 0.354 e. The van der Waals surface area contributed by atoms with Crippen LogP contribution in [-0.4, -0.2) is 35.5 Å². The minimum atomic E-state index is -1.15. The standard InChI is InChI=1S/C12H13N3O4/c1-18-6-3-4-8(19-2)7(5-6)9-10(12(16)17)14-15-11(9)13/h3-5H,1-2H3,(H,16,17)(H3,13,14,15). The molecule has 0 aliphatic heterocycles. The molecule has 2 aromatic rings. The summed E-state index contributed by atoms with van der Waals surface area (Å²) in [5.41, 5.74) is 6.42. The van der Waals surface area contributed by atoms with Crippen LogP contribution in [0.4, 0.5) is 5.82 Å². The Morgan fingerprint density at radius 3 is 2.68 bits per heavy atom. The number of nitrogens with one attached hydrogen (secondary N) is 1. The fraction of sp³-hybridized carbons (Fsp3) is 0.167. The van der Waals surface area contributed by atoms with Crippen LogP contribution in [0.3, 0.4) is 0 Å². The highest BCUT2D eigenvalue weighted by Gasteiger charge is 2.21. The zero-order chi connectivity index (χ0) is 14.0. The molecule has 1 heterocycles. The summed E-state index contributed by atoms with van der Waals surface area (Å²) in [6.45, 7) is 0. The summed E-state index contributed by atoms with van der Waals surface area (Å²) in [6, 6.07) is 5.03. The van der Waals surface area contributed by atoms with E-state index in [1.807, 2.05) is 0 Å². The maximum absolute atomic E-state index is 11.2. The van der Waals surface area contributed by atoms with Gasteiger partial charge < -0.3 is 20.3 Å². The summed E-state index contributed by atoms with van der Waals surface area (Å²) in [7, 11) is 3.00. The molecule has 2 rings (SSSR count). The Bertz CT molecular complexity index is 621. The van der Waals surface area contributed by atoms with Crippen molar-refractivity contribution in [3.8, 4) is 22.6 Å². The van der Waals surface area contributed by atoms with Crippen LogP contribution in [0.5, 0.6) is 11.5 Å². The number of nitrogens with two attached hydrogens (primary N) is 1. The van der Waals surface area contributed by atoms with Crippen molar-refractivity contribution in [1.82, 2.24) is 10.2 Å². The lowest BCUT2D eigenvalue weighted by Crippen LogP contribution is -2.01. The van der Waals surface area contributed by atoms with Gasteiger partial charge in [0.05, 0.1) is 19.8 Å². The SMILES string of the molecule is COc1ccc(OC)c(-c2c(N)n[nH]c2C(=O)O)c1. The van der Waals surface area contributed by atoms with Crippen LogP contribution in [-0.2, 0) is 0 Å². The molecule has 0 aliphatic rings. The highest BCUT2D eigenvalue weighted by atomic mass is 16.5. The van der Waals surface area contributed by atoms with Crippen molar-refractivity contribution in [3.63, 3.8) is 0 Å². The molecule has 19 heavy (non-hydrogen) atoms. The fourth-order valence-corrected chi connectivity index (χ4v) is 1.79. The second-order valence-electron chi connectivity index (χ2n) is 3.73. The normalized spacial score (nSPS) is 10.2. The number of ether oxygens (including phenoxy) is 2. The topological polar surface area (TPSA) is 110 Å². The Morgan fingerprint density at radius 2 is 2.11 bits per heavy atom. The third kappa shape index (κ3) is 2.17. The van der Waals surface area contributed by atoms with Gasteiger partial charge in [0.1, 0.15) is 11.5 Å². The molecule has 4 N–H and O–H groups in total. The van der Waals surface area contributed by atoms with E-state index < -0.39 is 5.97 Å². The average molecular weight is 263 g/mol. The van der Waals surface area contributed by atoms with Crippen LogP contribution in [0, 0.1) is 0 Å². The fourth-order valence-electron chi connectivity index (χ4n) is 1.79. The molecular formula is C12H13N3O4. The van der Waals surface area contributed by atoms with E-state index in [1.165, 1.54) is 14.2 Å². The molecule has 0 fully saturated rings. The van der Waals surface area contributed by atoms with Gasteiger partial charge in [0, 0.05) is 5.56 Å². The number of aromatic nitrogens is 2. The predicted molar refractivity (Wildman–Crippen MR) is 68.5 cm³/mol. The third-order valence-electron chi connectivity index (χ3n) is 2.68. The van der Waals surface area contributed by atoms with Crippen LogP contribution in [0.25, 0.3) is 11.1 Å². The van der Waals surface area contributed by atoms with E-state index >= 15 is 0 Å². The number of H-pyrrole nitrogens is 1. The molecule has 1 aromatic carbocycles. The second kappa shape index (κ2) is 4.89. The number of methoxy groups -OCH3 is 2. The molecule has 0 bridgehead atoms. The maximum atomic E-state index is 11.2. The van der Waals surface area contributed by atoms with Crippen molar-refractivity contribution >= 4 is 11.8 Å². The second-order valence-corrected chi connectivity index (χ2v) is 3.73. The number of carboxylic acid groups (broad SMARTS) is 1. The number of carbonyl (C=O) groups is 1. The van der Waals surface area contributed by atoms with Gasteiger partial charge in [-0.25, -0.2) is 4.79 Å². The number of carboxylic acids is 1. The first-order valence-corrected chi connectivity index (χ1v) is 5.38. The summed E-state index contributed by atoms with van der Waals surface area (Å²) in [6.07, 6.45) is 0. The predicted octanol–water partition coefficient (Wildman–Crippen LogP) is 1.37. The molecule has 0 unspecified atom stereocenters. The first-order chi connectivity index (χ1) is 9.08. The highest BCUT2D eigenvalue weighted by molar-refractivity contribution is 5.98. The monoisotopic (exact) mass is 263 g/mol. The van der Waals surface area contributed by atoms with E-state index in [2.05, 4.69) is 10.2 Å². The summed E-state index contributed by atoms with van der Waals surface area (Å²) in [5.74, 6) is -0.0165. The van der Waals surface area contributed by atoms with Gasteiger partial charge in [0.25, 0.3) is 0 Å². The van der Waals surface area contributed by atoms with Gasteiger partial charge in [-0.15, -0.1) is 0 Å². The first kappa shape index (κ1) is 12.7. The smallest absolute Gasteiger partial charge is 0.354 e. The molecule has 100 valence electrons. The number of rotatable bonds is 4. The third-order valence-corrected chi connectivity index (χ3v) is 2.68. The Morgan fingerprint density at radius 1 is 1.37 bits per heavy atom. The number of hydrogen-bond donors (Lipinski definition) is 3. The van der Waals surface area contributed by atoms with Gasteiger partial charge in [-0.3, -0.25) is 5.10 Å². The number of benzene rings is 1. The van der Waals surface area contributed by atoms with Gasteiger partial charge in [0.2, 0.25) is 0 Å². The minimum Gasteiger partial charge on any atom is -0.497 e. The number of nitrogens with zero attached hydrogens (tertiary/aromatic N) is 1. The largest absolute Gasteiger partial charge is 0.497 e. The quantitative estimate of drug-likeness (QED) is 0.768. The van der Waals surface area contributed by atoms with Gasteiger partial charge in [0.15, 0.2) is 11.5 Å². The molecule has 0 radical (unpaired) electrons. The van der Waals surface area contributed by atoms with Gasteiger partial charge in [-0.1, -0.05) is 0 Å². The molecule has 7 nitrogen and oxygen atoms in total. The van der Waals surface area contributed by atoms with E-state index in [-0.39, 0.29) is 17.1 Å². The zero-order valence-corrected chi connectivity index (χ0v) is 10.4. The summed E-state index contributed by atoms with van der Waals surface area (Å²) in [5, 5.41) is 15.2. The van der Waals surface area contributed by atoms with Crippen molar-refractivity contribution in [3.05, 3.63) is 23.9 Å². The number of aromatic carboxylic acids is 1. The molecule has 7 heteroatoms. The highest BCUT2D eigenvalue weighted by Crippen LogP contribution is 2.37. The number of hydrogen-bond acceptors (Lipinski definition) is 5. The minimum absolute atomic E-state index is 0.0870. The summed E-state index contributed by atoms with van der Waals surface area (Å²) < 4.78 is 10.3. The van der Waals surface area contributed by atoms with E-state index in [0.29, 0.717) is 17.1 Å². The molecule has 0 spiro atoms. The lowest BCUT2D eigenvalue weighted by molar-refractivity contribution is 0.0691. The van der Waals surface area contributed by atoms with Gasteiger partial charge >= 0.3 is 5.97 Å². The van der Waals surface area contributed by atoms with Crippen molar-refractivity contribution in [2.24, 2.45) is 0 Å². The molecule has 0 aliphatic carbocycles. The molecule has 0 saturated carbocycles. The number of nitrogen functional groups attached to an aromatic ring is 1. The Balaban J connectivity index is 2.69. The van der Waals surface area contributed by atoms with Crippen LogP contribution in [0.1, 0.15) is 10.5 Å². The van der Waals surface area contributed by atoms with Crippen LogP contribution < -0.4 is 15.2 Å². The van der Waals surface area contributed by atoms with E-state index in [9.17, 15) is 4.79 Å². The van der Waals surface area contributed by atoms with Crippen molar-refractivity contribution < 1.29 is 19.4 Å². The van der Waals surface area contributed by atoms with Crippen LogP contribution >= 0.6 is 0 Å². The van der Waals surface area contributed by atoms with Crippen molar-refractivity contribution in [1.29, 1.82) is 0 Å². The zero-order valence-electron chi connectivity index (χ0n) is 10.4. The Kier molecular flexibility index (Phi) is 3.28. The molecule has 0 saturated heterocycles. The van der Waals surface area contributed by atoms with Crippen LogP contribution in [0.15, 0.2) is 18.2 Å². The molecule has 0 amide bonds. The van der Waals surface area contributed by atoms with Crippen LogP contribution in [0.2, 0.25) is 0 Å². The number of aromatic amines is 1.